The average Bonchev–Trinajstić information content (AvgIpc) is 2.33. The molecule has 0 aromatic heterocycles. The molecule has 0 saturated carbocycles. The predicted octanol–water partition coefficient (Wildman–Crippen LogP) is 1.99. The normalized spacial score (nSPS) is 22.4. The van der Waals surface area contributed by atoms with Crippen LogP contribution in [0.25, 0.3) is 0 Å². The number of hydrogen-bond acceptors (Lipinski definition) is 3. The molecule has 0 spiro atoms. The molecule has 1 N–H and O–H groups in total. The molecule has 4 heteroatoms. The quantitative estimate of drug-likeness (QED) is 0.827. The lowest BCUT2D eigenvalue weighted by Crippen LogP contribution is -2.64. The van der Waals surface area contributed by atoms with Crippen LogP contribution >= 0.6 is 0 Å². The largest absolute Gasteiger partial charge is 0.309 e. The highest BCUT2D eigenvalue weighted by atomic mass is 16.2. The third kappa shape index (κ3) is 2.84. The van der Waals surface area contributed by atoms with E-state index in [0.717, 1.165) is 5.69 Å². The molecule has 1 atom stereocenters. The number of carbonyl (C=O) groups is 2. The zero-order valence-corrected chi connectivity index (χ0v) is 11.9. The molecule has 4 nitrogen and oxygen atoms in total. The van der Waals surface area contributed by atoms with E-state index in [9.17, 15) is 9.59 Å². The Morgan fingerprint density at radius 2 is 2.11 bits per heavy atom. The van der Waals surface area contributed by atoms with Crippen molar-refractivity contribution in [3.05, 3.63) is 29.8 Å². The Balaban J connectivity index is 2.36. The number of Topliss-reactive ketones (excluding diaryl/α,β-unsaturated/α-hetero) is 1. The summed E-state index contributed by atoms with van der Waals surface area (Å²) >= 11 is 0. The van der Waals surface area contributed by atoms with Gasteiger partial charge in [-0.1, -0.05) is 12.1 Å². The van der Waals surface area contributed by atoms with E-state index >= 15 is 0 Å². The monoisotopic (exact) mass is 260 g/mol. The Morgan fingerprint density at radius 3 is 2.74 bits per heavy atom. The maximum absolute atomic E-state index is 12.3. The number of benzene rings is 1. The number of hydrogen-bond donors (Lipinski definition) is 1. The molecule has 1 saturated heterocycles. The van der Waals surface area contributed by atoms with Crippen LogP contribution in [0.1, 0.15) is 38.1 Å². The predicted molar refractivity (Wildman–Crippen MR) is 75.5 cm³/mol. The molecule has 102 valence electrons. The molecule has 1 amide bonds. The summed E-state index contributed by atoms with van der Waals surface area (Å²) in [5, 5.41) is 3.28. The van der Waals surface area contributed by atoms with Gasteiger partial charge in [0.05, 0.1) is 6.04 Å². The molecular formula is C15H20N2O2. The van der Waals surface area contributed by atoms with Gasteiger partial charge in [-0.2, -0.15) is 0 Å². The minimum absolute atomic E-state index is 0.0109. The van der Waals surface area contributed by atoms with Crippen LogP contribution in [0.15, 0.2) is 24.3 Å². The number of rotatable bonds is 2. The van der Waals surface area contributed by atoms with Gasteiger partial charge in [0.2, 0.25) is 5.91 Å². The fourth-order valence-corrected chi connectivity index (χ4v) is 2.51. The highest BCUT2D eigenvalue weighted by molar-refractivity contribution is 6.00. The van der Waals surface area contributed by atoms with Crippen LogP contribution in [-0.4, -0.2) is 29.8 Å². The van der Waals surface area contributed by atoms with Crippen LogP contribution in [0.4, 0.5) is 5.69 Å². The molecule has 0 aliphatic carbocycles. The van der Waals surface area contributed by atoms with E-state index in [1.807, 2.05) is 19.1 Å². The Hall–Kier alpha value is -1.68. The van der Waals surface area contributed by atoms with E-state index in [-0.39, 0.29) is 23.3 Å². The van der Waals surface area contributed by atoms with Crippen LogP contribution in [0.2, 0.25) is 0 Å². The smallest absolute Gasteiger partial charge is 0.243 e. The molecule has 2 rings (SSSR count). The van der Waals surface area contributed by atoms with Crippen molar-refractivity contribution in [2.24, 2.45) is 0 Å². The summed E-state index contributed by atoms with van der Waals surface area (Å²) in [6.45, 7) is 8.13. The number of nitrogens with one attached hydrogen (secondary N) is 1. The molecule has 1 unspecified atom stereocenters. The highest BCUT2D eigenvalue weighted by Crippen LogP contribution is 2.23. The van der Waals surface area contributed by atoms with Crippen LogP contribution in [-0.2, 0) is 4.79 Å². The molecule has 19 heavy (non-hydrogen) atoms. The fourth-order valence-electron chi connectivity index (χ4n) is 2.51. The lowest BCUT2D eigenvalue weighted by molar-refractivity contribution is -0.122. The summed E-state index contributed by atoms with van der Waals surface area (Å²) in [4.78, 5) is 25.5. The number of piperazine rings is 1. The zero-order valence-electron chi connectivity index (χ0n) is 11.9. The second-order valence-electron chi connectivity index (χ2n) is 5.78. The van der Waals surface area contributed by atoms with Crippen molar-refractivity contribution in [2.75, 3.05) is 11.4 Å². The molecular weight excluding hydrogens is 240 g/mol. The lowest BCUT2D eigenvalue weighted by Gasteiger charge is -2.42. The molecule has 0 bridgehead atoms. The summed E-state index contributed by atoms with van der Waals surface area (Å²) in [6.07, 6.45) is 0. The van der Waals surface area contributed by atoms with Gasteiger partial charge in [-0.15, -0.1) is 0 Å². The van der Waals surface area contributed by atoms with Crippen LogP contribution in [0.3, 0.4) is 0 Å². The zero-order chi connectivity index (χ0) is 14.2. The first kappa shape index (κ1) is 13.7. The lowest BCUT2D eigenvalue weighted by atomic mass is 9.97. The first-order valence-electron chi connectivity index (χ1n) is 6.50. The number of ketones is 1. The van der Waals surface area contributed by atoms with Gasteiger partial charge in [0.25, 0.3) is 0 Å². The maximum Gasteiger partial charge on any atom is 0.243 e. The van der Waals surface area contributed by atoms with E-state index in [4.69, 9.17) is 0 Å². The van der Waals surface area contributed by atoms with Gasteiger partial charge in [-0.05, 0) is 39.8 Å². The van der Waals surface area contributed by atoms with Crippen molar-refractivity contribution in [3.8, 4) is 0 Å². The van der Waals surface area contributed by atoms with Crippen molar-refractivity contribution < 1.29 is 9.59 Å². The van der Waals surface area contributed by atoms with Crippen molar-refractivity contribution in [1.82, 2.24) is 5.32 Å². The SMILES string of the molecule is CC(=O)c1cccc(N2CC(C)(C)NC(C)C2=O)c1. The first-order chi connectivity index (χ1) is 8.80. The average molecular weight is 260 g/mol. The second-order valence-corrected chi connectivity index (χ2v) is 5.78. The van der Waals surface area contributed by atoms with Crippen LogP contribution in [0, 0.1) is 0 Å². The van der Waals surface area contributed by atoms with Crippen LogP contribution in [0.5, 0.6) is 0 Å². The van der Waals surface area contributed by atoms with Gasteiger partial charge < -0.3 is 4.90 Å². The fraction of sp³-hybridized carbons (Fsp3) is 0.467. The number of nitrogens with zero attached hydrogens (tertiary/aromatic N) is 1. The van der Waals surface area contributed by atoms with Crippen molar-refractivity contribution >= 4 is 17.4 Å². The summed E-state index contributed by atoms with van der Waals surface area (Å²) in [5.74, 6) is 0.0526. The van der Waals surface area contributed by atoms with Gasteiger partial charge in [0, 0.05) is 23.3 Å². The van der Waals surface area contributed by atoms with E-state index in [2.05, 4.69) is 19.2 Å². The summed E-state index contributed by atoms with van der Waals surface area (Å²) in [5.41, 5.74) is 1.29. The molecule has 1 fully saturated rings. The van der Waals surface area contributed by atoms with Crippen molar-refractivity contribution in [2.45, 2.75) is 39.3 Å². The van der Waals surface area contributed by atoms with Gasteiger partial charge in [0.15, 0.2) is 5.78 Å². The van der Waals surface area contributed by atoms with Gasteiger partial charge in [-0.25, -0.2) is 0 Å². The number of amides is 1. The van der Waals surface area contributed by atoms with E-state index in [1.54, 1.807) is 17.0 Å². The minimum Gasteiger partial charge on any atom is -0.309 e. The summed E-state index contributed by atoms with van der Waals surface area (Å²) in [6, 6.07) is 7.03. The Labute approximate surface area is 113 Å². The first-order valence-corrected chi connectivity index (χ1v) is 6.50. The second kappa shape index (κ2) is 4.78. The molecule has 1 aromatic carbocycles. The van der Waals surface area contributed by atoms with Gasteiger partial charge in [0.1, 0.15) is 0 Å². The molecule has 1 heterocycles. The van der Waals surface area contributed by atoms with Crippen LogP contribution < -0.4 is 10.2 Å². The standard InChI is InChI=1S/C15H20N2O2/c1-10-14(19)17(9-15(3,4)16-10)13-7-5-6-12(8-13)11(2)18/h5-8,10,16H,9H2,1-4H3. The van der Waals surface area contributed by atoms with Gasteiger partial charge >= 0.3 is 0 Å². The molecule has 1 aliphatic rings. The van der Waals surface area contributed by atoms with E-state index in [1.165, 1.54) is 6.92 Å². The third-order valence-electron chi connectivity index (χ3n) is 3.36. The third-order valence-corrected chi connectivity index (χ3v) is 3.36. The highest BCUT2D eigenvalue weighted by Gasteiger charge is 2.36. The Bertz CT molecular complexity index is 523. The minimum atomic E-state index is -0.218. The van der Waals surface area contributed by atoms with Gasteiger partial charge in [-0.3, -0.25) is 14.9 Å². The molecule has 1 aromatic rings. The van der Waals surface area contributed by atoms with Crippen molar-refractivity contribution in [3.63, 3.8) is 0 Å². The van der Waals surface area contributed by atoms with E-state index < -0.39 is 0 Å². The topological polar surface area (TPSA) is 49.4 Å². The molecule has 1 aliphatic heterocycles. The Kier molecular flexibility index (Phi) is 3.45. The number of anilines is 1. The van der Waals surface area contributed by atoms with Crippen molar-refractivity contribution in [1.29, 1.82) is 0 Å². The van der Waals surface area contributed by atoms with E-state index in [0.29, 0.717) is 12.1 Å². The summed E-state index contributed by atoms with van der Waals surface area (Å²) in [7, 11) is 0. The molecule has 0 radical (unpaired) electrons. The maximum atomic E-state index is 12.3. The summed E-state index contributed by atoms with van der Waals surface area (Å²) < 4.78 is 0. The number of carbonyl (C=O) groups excluding carboxylic acids is 2. The Morgan fingerprint density at radius 1 is 1.42 bits per heavy atom.